The third kappa shape index (κ3) is 1.99. The Morgan fingerprint density at radius 1 is 1.44 bits per heavy atom. The number of aromatic nitrogens is 2. The fourth-order valence-corrected chi connectivity index (χ4v) is 1.98. The van der Waals surface area contributed by atoms with Gasteiger partial charge in [-0.2, -0.15) is 13.2 Å². The molecular formula is C10H9ClF3N3O. The topological polar surface area (TPSA) is 64.1 Å². The highest BCUT2D eigenvalue weighted by atomic mass is 35.5. The zero-order valence-electron chi connectivity index (χ0n) is 9.00. The molecule has 18 heavy (non-hydrogen) atoms. The molecule has 0 fully saturated rings. The van der Waals surface area contributed by atoms with Crippen LogP contribution in [0.2, 0.25) is 5.02 Å². The van der Waals surface area contributed by atoms with E-state index in [4.69, 9.17) is 22.4 Å². The van der Waals surface area contributed by atoms with Crippen molar-refractivity contribution in [2.45, 2.75) is 12.7 Å². The molecule has 2 aromatic rings. The van der Waals surface area contributed by atoms with E-state index in [1.54, 1.807) is 0 Å². The number of fused-ring (bicyclic) bond motifs is 1. The average Bonchev–Trinajstić information content (AvgIpc) is 2.66. The predicted octanol–water partition coefficient (Wildman–Crippen LogP) is 2.28. The molecule has 98 valence electrons. The first kappa shape index (κ1) is 13.0. The average molecular weight is 280 g/mol. The number of nitrogen functional groups attached to an aromatic ring is 1. The van der Waals surface area contributed by atoms with E-state index in [-0.39, 0.29) is 24.4 Å². The summed E-state index contributed by atoms with van der Waals surface area (Å²) in [7, 11) is 0. The van der Waals surface area contributed by atoms with Gasteiger partial charge in [0, 0.05) is 6.54 Å². The number of rotatable bonds is 2. The van der Waals surface area contributed by atoms with Crippen molar-refractivity contribution >= 4 is 28.3 Å². The van der Waals surface area contributed by atoms with Gasteiger partial charge in [-0.25, -0.2) is 4.98 Å². The third-order valence-electron chi connectivity index (χ3n) is 2.52. The Hall–Kier alpha value is -1.47. The lowest BCUT2D eigenvalue weighted by Crippen LogP contribution is -2.09. The van der Waals surface area contributed by atoms with Crippen LogP contribution in [0.25, 0.3) is 11.0 Å². The Balaban J connectivity index is 2.73. The molecule has 0 atom stereocenters. The van der Waals surface area contributed by atoms with Crippen LogP contribution in [0.4, 0.5) is 18.9 Å². The molecule has 1 heterocycles. The Morgan fingerprint density at radius 2 is 2.11 bits per heavy atom. The van der Waals surface area contributed by atoms with Crippen molar-refractivity contribution in [3.8, 4) is 0 Å². The SMILES string of the molecule is Nc1c(Cl)c(C(F)(F)F)cc2ncn(CCO)c12. The number of hydrogen-bond donors (Lipinski definition) is 2. The molecule has 1 aromatic carbocycles. The van der Waals surface area contributed by atoms with Crippen LogP contribution in [0.5, 0.6) is 0 Å². The van der Waals surface area contributed by atoms with Gasteiger partial charge in [-0.05, 0) is 6.07 Å². The summed E-state index contributed by atoms with van der Waals surface area (Å²) in [5, 5.41) is 8.29. The lowest BCUT2D eigenvalue weighted by Gasteiger charge is -2.12. The van der Waals surface area contributed by atoms with Crippen LogP contribution >= 0.6 is 11.6 Å². The normalized spacial score (nSPS) is 12.3. The first-order chi connectivity index (χ1) is 8.36. The van der Waals surface area contributed by atoms with E-state index >= 15 is 0 Å². The minimum Gasteiger partial charge on any atom is -0.396 e. The number of anilines is 1. The molecule has 0 aliphatic carbocycles. The number of halogens is 4. The van der Waals surface area contributed by atoms with E-state index < -0.39 is 16.8 Å². The second-order valence-corrected chi connectivity index (χ2v) is 4.06. The maximum atomic E-state index is 12.7. The molecule has 8 heteroatoms. The summed E-state index contributed by atoms with van der Waals surface area (Å²) < 4.78 is 39.5. The van der Waals surface area contributed by atoms with Crippen LogP contribution in [-0.4, -0.2) is 21.3 Å². The quantitative estimate of drug-likeness (QED) is 0.829. The summed E-state index contributed by atoms with van der Waals surface area (Å²) >= 11 is 5.64. The maximum absolute atomic E-state index is 12.7. The van der Waals surface area contributed by atoms with Crippen LogP contribution in [0.15, 0.2) is 12.4 Å². The molecule has 0 spiro atoms. The molecule has 2 rings (SSSR count). The van der Waals surface area contributed by atoms with E-state index in [1.165, 1.54) is 10.9 Å². The van der Waals surface area contributed by atoms with Crippen molar-refractivity contribution in [3.05, 3.63) is 23.0 Å². The predicted molar refractivity (Wildman–Crippen MR) is 61.2 cm³/mol. The number of benzene rings is 1. The molecule has 0 saturated carbocycles. The van der Waals surface area contributed by atoms with Gasteiger partial charge >= 0.3 is 6.18 Å². The van der Waals surface area contributed by atoms with Gasteiger partial charge in [0.1, 0.15) is 0 Å². The summed E-state index contributed by atoms with van der Waals surface area (Å²) in [6.45, 7) is 0.00589. The van der Waals surface area contributed by atoms with Crippen molar-refractivity contribution < 1.29 is 18.3 Å². The fraction of sp³-hybridized carbons (Fsp3) is 0.300. The minimum atomic E-state index is -4.58. The third-order valence-corrected chi connectivity index (χ3v) is 2.93. The van der Waals surface area contributed by atoms with Crippen LogP contribution < -0.4 is 5.73 Å². The number of aliphatic hydroxyl groups is 1. The second kappa shape index (κ2) is 4.33. The summed E-state index contributed by atoms with van der Waals surface area (Å²) in [5.74, 6) is 0. The molecule has 0 aliphatic rings. The van der Waals surface area contributed by atoms with Gasteiger partial charge < -0.3 is 15.4 Å². The van der Waals surface area contributed by atoms with E-state index in [2.05, 4.69) is 4.98 Å². The lowest BCUT2D eigenvalue weighted by atomic mass is 10.1. The van der Waals surface area contributed by atoms with Crippen molar-refractivity contribution in [2.75, 3.05) is 12.3 Å². The number of nitrogens with two attached hydrogens (primary N) is 1. The van der Waals surface area contributed by atoms with E-state index in [9.17, 15) is 13.2 Å². The molecular weight excluding hydrogens is 271 g/mol. The molecule has 0 radical (unpaired) electrons. The number of aliphatic hydroxyl groups excluding tert-OH is 1. The van der Waals surface area contributed by atoms with Gasteiger partial charge in [0.15, 0.2) is 0 Å². The van der Waals surface area contributed by atoms with E-state index in [0.29, 0.717) is 5.52 Å². The van der Waals surface area contributed by atoms with Crippen LogP contribution in [0.1, 0.15) is 5.56 Å². The Labute approximate surface area is 105 Å². The molecule has 0 aliphatic heterocycles. The van der Waals surface area contributed by atoms with Gasteiger partial charge in [-0.1, -0.05) is 11.6 Å². The minimum absolute atomic E-state index is 0.0951. The van der Waals surface area contributed by atoms with Crippen molar-refractivity contribution in [1.82, 2.24) is 9.55 Å². The molecule has 0 saturated heterocycles. The molecule has 0 bridgehead atoms. The van der Waals surface area contributed by atoms with E-state index in [1.807, 2.05) is 0 Å². The molecule has 0 amide bonds. The molecule has 4 nitrogen and oxygen atoms in total. The van der Waals surface area contributed by atoms with Gasteiger partial charge in [0.05, 0.1) is 40.2 Å². The smallest absolute Gasteiger partial charge is 0.396 e. The van der Waals surface area contributed by atoms with Gasteiger partial charge in [-0.15, -0.1) is 0 Å². The number of imidazole rings is 1. The van der Waals surface area contributed by atoms with Gasteiger partial charge in [0.2, 0.25) is 0 Å². The maximum Gasteiger partial charge on any atom is 0.418 e. The highest BCUT2D eigenvalue weighted by molar-refractivity contribution is 6.35. The number of nitrogens with zero attached hydrogens (tertiary/aromatic N) is 2. The second-order valence-electron chi connectivity index (χ2n) is 3.68. The Bertz CT molecular complexity index is 594. The molecule has 0 unspecified atom stereocenters. The van der Waals surface area contributed by atoms with Crippen molar-refractivity contribution in [2.24, 2.45) is 0 Å². The highest BCUT2D eigenvalue weighted by Gasteiger charge is 2.35. The van der Waals surface area contributed by atoms with Crippen LogP contribution in [-0.2, 0) is 12.7 Å². The van der Waals surface area contributed by atoms with E-state index in [0.717, 1.165) is 6.07 Å². The van der Waals surface area contributed by atoms with Gasteiger partial charge in [0.25, 0.3) is 0 Å². The van der Waals surface area contributed by atoms with Crippen LogP contribution in [0.3, 0.4) is 0 Å². The zero-order valence-corrected chi connectivity index (χ0v) is 9.76. The Morgan fingerprint density at radius 3 is 2.67 bits per heavy atom. The lowest BCUT2D eigenvalue weighted by molar-refractivity contribution is -0.137. The first-order valence-corrected chi connectivity index (χ1v) is 5.35. The number of hydrogen-bond acceptors (Lipinski definition) is 3. The molecule has 1 aromatic heterocycles. The fourth-order valence-electron chi connectivity index (χ4n) is 1.73. The van der Waals surface area contributed by atoms with Gasteiger partial charge in [-0.3, -0.25) is 0 Å². The summed E-state index contributed by atoms with van der Waals surface area (Å²) in [6.07, 6.45) is -3.27. The molecule has 3 N–H and O–H groups in total. The monoisotopic (exact) mass is 279 g/mol. The standard InChI is InChI=1S/C10H9ClF3N3O/c11-7-5(10(12,13)14)3-6-9(8(7)15)17(1-2-18)4-16-6/h3-4,18H,1-2,15H2. The van der Waals surface area contributed by atoms with Crippen molar-refractivity contribution in [3.63, 3.8) is 0 Å². The summed E-state index contributed by atoms with van der Waals surface area (Å²) in [5.41, 5.74) is 4.81. The van der Waals surface area contributed by atoms with Crippen molar-refractivity contribution in [1.29, 1.82) is 0 Å². The largest absolute Gasteiger partial charge is 0.418 e. The Kier molecular flexibility index (Phi) is 3.12. The summed E-state index contributed by atoms with van der Waals surface area (Å²) in [6, 6.07) is 0.849. The zero-order chi connectivity index (χ0) is 13.5. The first-order valence-electron chi connectivity index (χ1n) is 4.97. The number of alkyl halides is 3. The highest BCUT2D eigenvalue weighted by Crippen LogP contribution is 2.40. The van der Waals surface area contributed by atoms with Crippen LogP contribution in [0, 0.1) is 0 Å². The summed E-state index contributed by atoms with van der Waals surface area (Å²) in [4.78, 5) is 3.83.